The molecule has 1 unspecified atom stereocenters. The summed E-state index contributed by atoms with van der Waals surface area (Å²) >= 11 is 0. The van der Waals surface area contributed by atoms with Crippen molar-refractivity contribution in [3.63, 3.8) is 0 Å². The molecule has 1 aliphatic heterocycles. The third-order valence-corrected chi connectivity index (χ3v) is 2.23. The number of hydrogen-bond donors (Lipinski definition) is 1. The average Bonchev–Trinajstić information content (AvgIpc) is 2.39. The number of pyridine rings is 1. The van der Waals surface area contributed by atoms with E-state index in [1.165, 1.54) is 4.90 Å². The number of allylic oxidation sites excluding steroid dienone is 1. The highest BCUT2D eigenvalue weighted by Gasteiger charge is 2.20. The van der Waals surface area contributed by atoms with Crippen molar-refractivity contribution in [2.45, 2.75) is 6.29 Å². The predicted molar refractivity (Wildman–Crippen MR) is 60.9 cm³/mol. The second kappa shape index (κ2) is 4.57. The van der Waals surface area contributed by atoms with Gasteiger partial charge in [-0.3, -0.25) is 9.78 Å². The Labute approximate surface area is 93.5 Å². The maximum Gasteiger partial charge on any atom is 0.275 e. The molecule has 2 rings (SSSR count). The van der Waals surface area contributed by atoms with E-state index in [1.807, 2.05) is 0 Å². The van der Waals surface area contributed by atoms with Crippen LogP contribution in [-0.4, -0.2) is 35.3 Å². The molecule has 1 amide bonds. The standard InChI is InChI=1S/C11H12N4O/c1-15(11-13-7-4-8-14-11)10(16)9-5-2-3-6-12-9/h2-8,11,13H,1H3. The Morgan fingerprint density at radius 1 is 1.50 bits per heavy atom. The van der Waals surface area contributed by atoms with Crippen molar-refractivity contribution in [1.29, 1.82) is 0 Å². The summed E-state index contributed by atoms with van der Waals surface area (Å²) in [5.74, 6) is -0.162. The quantitative estimate of drug-likeness (QED) is 0.788. The summed E-state index contributed by atoms with van der Waals surface area (Å²) in [7, 11) is 1.69. The van der Waals surface area contributed by atoms with Gasteiger partial charge in [0.05, 0.1) is 0 Å². The number of aromatic nitrogens is 1. The van der Waals surface area contributed by atoms with Crippen molar-refractivity contribution in [2.24, 2.45) is 4.99 Å². The molecule has 1 aromatic rings. The monoisotopic (exact) mass is 216 g/mol. The third kappa shape index (κ3) is 2.08. The Balaban J connectivity index is 2.10. The van der Waals surface area contributed by atoms with Crippen molar-refractivity contribution >= 4 is 12.1 Å². The molecule has 2 heterocycles. The molecule has 1 atom stereocenters. The van der Waals surface area contributed by atoms with Gasteiger partial charge < -0.3 is 10.2 Å². The van der Waals surface area contributed by atoms with E-state index in [0.29, 0.717) is 5.69 Å². The van der Waals surface area contributed by atoms with E-state index in [9.17, 15) is 4.79 Å². The van der Waals surface area contributed by atoms with Crippen LogP contribution < -0.4 is 5.32 Å². The molecule has 1 aliphatic rings. The topological polar surface area (TPSA) is 57.6 Å². The molecule has 82 valence electrons. The lowest BCUT2D eigenvalue weighted by atomic mass is 10.3. The van der Waals surface area contributed by atoms with Crippen molar-refractivity contribution in [1.82, 2.24) is 15.2 Å². The molecule has 0 saturated carbocycles. The first kappa shape index (κ1) is 10.4. The Hall–Kier alpha value is -2.17. The minimum atomic E-state index is -0.362. The van der Waals surface area contributed by atoms with Gasteiger partial charge in [-0.15, -0.1) is 0 Å². The highest BCUT2D eigenvalue weighted by atomic mass is 16.2. The number of nitrogens with one attached hydrogen (secondary N) is 1. The summed E-state index contributed by atoms with van der Waals surface area (Å²) in [6.07, 6.45) is 6.41. The van der Waals surface area contributed by atoms with Gasteiger partial charge in [0.1, 0.15) is 5.69 Å². The maximum atomic E-state index is 12.0. The van der Waals surface area contributed by atoms with Crippen molar-refractivity contribution in [3.8, 4) is 0 Å². The van der Waals surface area contributed by atoms with Crippen LogP contribution in [0.5, 0.6) is 0 Å². The van der Waals surface area contributed by atoms with Crippen LogP contribution >= 0.6 is 0 Å². The minimum absolute atomic E-state index is 0.162. The molecule has 0 aromatic carbocycles. The first-order valence-corrected chi connectivity index (χ1v) is 4.91. The van der Waals surface area contributed by atoms with Crippen LogP contribution in [0.4, 0.5) is 0 Å². The van der Waals surface area contributed by atoms with Crippen LogP contribution in [0.15, 0.2) is 41.7 Å². The Morgan fingerprint density at radius 2 is 2.38 bits per heavy atom. The lowest BCUT2D eigenvalue weighted by molar-refractivity contribution is 0.0715. The Kier molecular flexibility index (Phi) is 2.95. The average molecular weight is 216 g/mol. The van der Waals surface area contributed by atoms with Gasteiger partial charge in [-0.25, -0.2) is 4.99 Å². The van der Waals surface area contributed by atoms with Gasteiger partial charge in [-0.2, -0.15) is 0 Å². The minimum Gasteiger partial charge on any atom is -0.353 e. The number of aliphatic imine (C=N–C) groups is 1. The van der Waals surface area contributed by atoms with Gasteiger partial charge >= 0.3 is 0 Å². The molecule has 0 spiro atoms. The lowest BCUT2D eigenvalue weighted by Gasteiger charge is -2.25. The van der Waals surface area contributed by atoms with Crippen LogP contribution in [-0.2, 0) is 0 Å². The molecule has 1 aromatic heterocycles. The molecule has 5 nitrogen and oxygen atoms in total. The number of nitrogens with zero attached hydrogens (tertiary/aromatic N) is 3. The van der Waals surface area contributed by atoms with Gasteiger partial charge in [0.25, 0.3) is 5.91 Å². The second-order valence-electron chi connectivity index (χ2n) is 3.33. The van der Waals surface area contributed by atoms with E-state index >= 15 is 0 Å². The fourth-order valence-electron chi connectivity index (χ4n) is 1.35. The number of rotatable bonds is 2. The number of amides is 1. The molecule has 0 fully saturated rings. The van der Waals surface area contributed by atoms with E-state index in [-0.39, 0.29) is 12.2 Å². The third-order valence-electron chi connectivity index (χ3n) is 2.23. The summed E-state index contributed by atoms with van der Waals surface area (Å²) in [4.78, 5) is 21.6. The maximum absolute atomic E-state index is 12.0. The number of hydrogen-bond acceptors (Lipinski definition) is 4. The van der Waals surface area contributed by atoms with E-state index in [1.54, 1.807) is 49.9 Å². The van der Waals surface area contributed by atoms with E-state index < -0.39 is 0 Å². The van der Waals surface area contributed by atoms with Gasteiger partial charge in [0.2, 0.25) is 0 Å². The lowest BCUT2D eigenvalue weighted by Crippen LogP contribution is -2.44. The molecule has 0 bridgehead atoms. The smallest absolute Gasteiger partial charge is 0.275 e. The molecule has 0 aliphatic carbocycles. The highest BCUT2D eigenvalue weighted by molar-refractivity contribution is 5.92. The number of carbonyl (C=O) groups is 1. The summed E-state index contributed by atoms with van der Waals surface area (Å²) in [5.41, 5.74) is 0.413. The van der Waals surface area contributed by atoms with E-state index in [4.69, 9.17) is 0 Å². The summed E-state index contributed by atoms with van der Waals surface area (Å²) < 4.78 is 0. The largest absolute Gasteiger partial charge is 0.353 e. The van der Waals surface area contributed by atoms with Gasteiger partial charge in [0.15, 0.2) is 6.29 Å². The van der Waals surface area contributed by atoms with Crippen LogP contribution in [0.3, 0.4) is 0 Å². The fourth-order valence-corrected chi connectivity index (χ4v) is 1.35. The normalized spacial score (nSPS) is 17.9. The molecule has 5 heteroatoms. The van der Waals surface area contributed by atoms with Crippen molar-refractivity contribution in [3.05, 3.63) is 42.4 Å². The molecule has 0 radical (unpaired) electrons. The summed E-state index contributed by atoms with van der Waals surface area (Å²) in [6, 6.07) is 5.24. The predicted octanol–water partition coefficient (Wildman–Crippen LogP) is 0.625. The van der Waals surface area contributed by atoms with E-state index in [0.717, 1.165) is 0 Å². The summed E-state index contributed by atoms with van der Waals surface area (Å²) in [6.45, 7) is 0. The van der Waals surface area contributed by atoms with Gasteiger partial charge in [-0.1, -0.05) is 6.07 Å². The van der Waals surface area contributed by atoms with Crippen molar-refractivity contribution < 1.29 is 4.79 Å². The molecular formula is C11H12N4O. The Bertz CT molecular complexity index is 427. The SMILES string of the molecule is CN(C(=O)c1ccccn1)C1N=CC=CN1. The van der Waals surface area contributed by atoms with Crippen LogP contribution in [0.2, 0.25) is 0 Å². The van der Waals surface area contributed by atoms with Crippen LogP contribution in [0, 0.1) is 0 Å². The molecular weight excluding hydrogens is 204 g/mol. The second-order valence-corrected chi connectivity index (χ2v) is 3.33. The van der Waals surface area contributed by atoms with Crippen molar-refractivity contribution in [2.75, 3.05) is 7.05 Å². The highest BCUT2D eigenvalue weighted by Crippen LogP contribution is 2.04. The Morgan fingerprint density at radius 3 is 3.00 bits per heavy atom. The fraction of sp³-hybridized carbons (Fsp3) is 0.182. The van der Waals surface area contributed by atoms with E-state index in [2.05, 4.69) is 15.3 Å². The molecule has 1 N–H and O–H groups in total. The van der Waals surface area contributed by atoms with Crippen LogP contribution in [0.25, 0.3) is 0 Å². The molecule has 16 heavy (non-hydrogen) atoms. The summed E-state index contributed by atoms with van der Waals surface area (Å²) in [5, 5.41) is 2.97. The first-order chi connectivity index (χ1) is 7.79. The zero-order valence-electron chi connectivity index (χ0n) is 8.87. The zero-order valence-corrected chi connectivity index (χ0v) is 8.87. The first-order valence-electron chi connectivity index (χ1n) is 4.91. The van der Waals surface area contributed by atoms with Gasteiger partial charge in [-0.05, 0) is 18.2 Å². The zero-order chi connectivity index (χ0) is 11.4. The van der Waals surface area contributed by atoms with Crippen LogP contribution in [0.1, 0.15) is 10.5 Å². The van der Waals surface area contributed by atoms with Gasteiger partial charge in [0, 0.05) is 25.7 Å². The molecule has 0 saturated heterocycles. The number of carbonyl (C=O) groups excluding carboxylic acids is 1.